The van der Waals surface area contributed by atoms with Gasteiger partial charge in [-0.1, -0.05) is 276 Å². The van der Waals surface area contributed by atoms with Crippen LogP contribution in [0.1, 0.15) is 290 Å². The molecule has 388 valence electrons. The highest BCUT2D eigenvalue weighted by molar-refractivity contribution is 7.45. The standard InChI is InChI=1S/C56H113N2O6P/c1-6-8-10-12-14-16-18-20-22-23-24-25-26-27-28-29-30-31-32-33-34-36-37-39-41-43-45-47-49-55(59)54(53-64-65(61,62)63-52-51-58(3,4)5)57-56(60)50-48-46-44-42-40-38-35-21-19-17-15-13-11-9-7-2/h47,49,54-55,59H,6-46,48,50-53H2,1-5H3,(H-,57,60,61,62)/b49-47+. The number of carbonyl (C=O) groups is 1. The van der Waals surface area contributed by atoms with Crippen molar-refractivity contribution in [2.24, 2.45) is 0 Å². The van der Waals surface area contributed by atoms with Crippen molar-refractivity contribution in [1.82, 2.24) is 5.32 Å². The van der Waals surface area contributed by atoms with Crippen molar-refractivity contribution in [3.8, 4) is 0 Å². The molecule has 0 rings (SSSR count). The first kappa shape index (κ1) is 64.2. The number of aliphatic hydroxyl groups is 1. The van der Waals surface area contributed by atoms with Gasteiger partial charge < -0.3 is 28.8 Å². The maximum absolute atomic E-state index is 12.9. The van der Waals surface area contributed by atoms with E-state index < -0.39 is 20.0 Å². The number of quaternary nitrogens is 1. The lowest BCUT2D eigenvalue weighted by Gasteiger charge is -2.29. The predicted molar refractivity (Wildman–Crippen MR) is 279 cm³/mol. The smallest absolute Gasteiger partial charge is 0.268 e. The van der Waals surface area contributed by atoms with E-state index in [1.165, 1.54) is 231 Å². The number of unbranched alkanes of at least 4 members (excludes halogenated alkanes) is 40. The van der Waals surface area contributed by atoms with Gasteiger partial charge in [0, 0.05) is 6.42 Å². The second-order valence-corrected chi connectivity index (χ2v) is 22.4. The van der Waals surface area contributed by atoms with Crippen molar-refractivity contribution in [2.75, 3.05) is 40.9 Å². The Morgan fingerprint density at radius 2 is 0.831 bits per heavy atom. The van der Waals surface area contributed by atoms with Crippen molar-refractivity contribution in [3.63, 3.8) is 0 Å². The fraction of sp³-hybridized carbons (Fsp3) is 0.946. The summed E-state index contributed by atoms with van der Waals surface area (Å²) in [5.41, 5.74) is 0. The van der Waals surface area contributed by atoms with Crippen LogP contribution in [0, 0.1) is 0 Å². The van der Waals surface area contributed by atoms with Gasteiger partial charge in [0.25, 0.3) is 7.82 Å². The first-order valence-corrected chi connectivity index (χ1v) is 30.0. The topological polar surface area (TPSA) is 108 Å². The fourth-order valence-electron chi connectivity index (χ4n) is 8.74. The van der Waals surface area contributed by atoms with Crippen LogP contribution < -0.4 is 10.2 Å². The van der Waals surface area contributed by atoms with Crippen molar-refractivity contribution in [1.29, 1.82) is 0 Å². The van der Waals surface area contributed by atoms with E-state index in [9.17, 15) is 19.4 Å². The van der Waals surface area contributed by atoms with Crippen molar-refractivity contribution < 1.29 is 32.9 Å². The highest BCUT2D eigenvalue weighted by atomic mass is 31.2. The second kappa shape index (κ2) is 48.3. The number of rotatable bonds is 53. The number of carbonyl (C=O) groups excluding carboxylic acids is 1. The van der Waals surface area contributed by atoms with E-state index in [1.807, 2.05) is 27.2 Å². The summed E-state index contributed by atoms with van der Waals surface area (Å²) in [6.45, 7) is 4.69. The van der Waals surface area contributed by atoms with Gasteiger partial charge in [-0.25, -0.2) is 0 Å². The quantitative estimate of drug-likeness (QED) is 0.0272. The van der Waals surface area contributed by atoms with Crippen LogP contribution in [0.4, 0.5) is 0 Å². The molecule has 9 heteroatoms. The highest BCUT2D eigenvalue weighted by Crippen LogP contribution is 2.38. The average Bonchev–Trinajstić information content (AvgIpc) is 3.26. The molecule has 0 aliphatic rings. The zero-order valence-corrected chi connectivity index (χ0v) is 45.1. The number of nitrogens with zero attached hydrogens (tertiary/aromatic N) is 1. The number of hydrogen-bond acceptors (Lipinski definition) is 6. The molecule has 0 radical (unpaired) electrons. The number of nitrogens with one attached hydrogen (secondary N) is 1. The minimum Gasteiger partial charge on any atom is -0.756 e. The van der Waals surface area contributed by atoms with Gasteiger partial charge in [-0.15, -0.1) is 0 Å². The summed E-state index contributed by atoms with van der Waals surface area (Å²) in [7, 11) is 1.28. The summed E-state index contributed by atoms with van der Waals surface area (Å²) in [6.07, 6.45) is 58.6. The Morgan fingerprint density at radius 1 is 0.523 bits per heavy atom. The van der Waals surface area contributed by atoms with Crippen molar-refractivity contribution >= 4 is 13.7 Å². The third-order valence-corrected chi connectivity index (χ3v) is 14.2. The molecular formula is C56H113N2O6P. The summed E-state index contributed by atoms with van der Waals surface area (Å²) < 4.78 is 23.3. The van der Waals surface area contributed by atoms with Crippen LogP contribution in [0.3, 0.4) is 0 Å². The molecule has 1 amide bonds. The molecule has 3 unspecified atom stereocenters. The number of amides is 1. The van der Waals surface area contributed by atoms with E-state index in [4.69, 9.17) is 9.05 Å². The SMILES string of the molecule is CCCCCCCCCCCCCCCCCCCCCCCCCCCC/C=C/C(O)C(COP(=O)([O-])OCC[N+](C)(C)C)NC(=O)CCCCCCCCCCCCCCCCC. The number of likely N-dealkylation sites (N-methyl/N-ethyl adjacent to an activating group) is 1. The lowest BCUT2D eigenvalue weighted by atomic mass is 10.0. The summed E-state index contributed by atoms with van der Waals surface area (Å²) in [4.78, 5) is 25.4. The summed E-state index contributed by atoms with van der Waals surface area (Å²) in [6, 6.07) is -0.881. The summed E-state index contributed by atoms with van der Waals surface area (Å²) in [5.74, 6) is -0.192. The molecule has 0 spiro atoms. The second-order valence-electron chi connectivity index (χ2n) is 21.0. The molecule has 0 aliphatic heterocycles. The number of phosphoric acid groups is 1. The van der Waals surface area contributed by atoms with Gasteiger partial charge in [0.1, 0.15) is 13.2 Å². The maximum Gasteiger partial charge on any atom is 0.268 e. The lowest BCUT2D eigenvalue weighted by Crippen LogP contribution is -2.45. The van der Waals surface area contributed by atoms with Gasteiger partial charge in [-0.2, -0.15) is 0 Å². The Labute approximate surface area is 405 Å². The summed E-state index contributed by atoms with van der Waals surface area (Å²) in [5, 5.41) is 13.9. The van der Waals surface area contributed by atoms with Gasteiger partial charge in [0.2, 0.25) is 5.91 Å². The van der Waals surface area contributed by atoms with E-state index in [1.54, 1.807) is 6.08 Å². The number of hydrogen-bond donors (Lipinski definition) is 2. The monoisotopic (exact) mass is 941 g/mol. The molecule has 0 fully saturated rings. The molecule has 8 nitrogen and oxygen atoms in total. The van der Waals surface area contributed by atoms with E-state index in [0.717, 1.165) is 38.5 Å². The van der Waals surface area contributed by atoms with Crippen molar-refractivity contribution in [3.05, 3.63) is 12.2 Å². The van der Waals surface area contributed by atoms with Gasteiger partial charge in [0.15, 0.2) is 0 Å². The molecule has 2 N–H and O–H groups in total. The van der Waals surface area contributed by atoms with E-state index in [0.29, 0.717) is 17.4 Å². The molecule has 0 aromatic rings. The van der Waals surface area contributed by atoms with Gasteiger partial charge >= 0.3 is 0 Å². The van der Waals surface area contributed by atoms with Crippen LogP contribution in [-0.4, -0.2) is 68.5 Å². The predicted octanol–water partition coefficient (Wildman–Crippen LogP) is 16.4. The lowest BCUT2D eigenvalue weighted by molar-refractivity contribution is -0.870. The molecular weight excluding hydrogens is 828 g/mol. The molecule has 0 aliphatic carbocycles. The van der Waals surface area contributed by atoms with Crippen molar-refractivity contribution in [2.45, 2.75) is 302 Å². The largest absolute Gasteiger partial charge is 0.756 e. The Hall–Kier alpha value is -0.760. The normalized spacial score (nSPS) is 14.0. The molecule has 65 heavy (non-hydrogen) atoms. The maximum atomic E-state index is 12.9. The highest BCUT2D eigenvalue weighted by Gasteiger charge is 2.23. The third-order valence-electron chi connectivity index (χ3n) is 13.2. The minimum atomic E-state index is -4.59. The van der Waals surface area contributed by atoms with Crippen LogP contribution in [0.2, 0.25) is 0 Å². The molecule has 0 aromatic carbocycles. The van der Waals surface area contributed by atoms with Gasteiger partial charge in [-0.3, -0.25) is 9.36 Å². The molecule has 0 bridgehead atoms. The van der Waals surface area contributed by atoms with Crippen LogP contribution in [0.25, 0.3) is 0 Å². The van der Waals surface area contributed by atoms with E-state index in [2.05, 4.69) is 19.2 Å². The first-order chi connectivity index (χ1) is 31.5. The van der Waals surface area contributed by atoms with Crippen LogP contribution in [-0.2, 0) is 18.4 Å². The van der Waals surface area contributed by atoms with Gasteiger partial charge in [-0.05, 0) is 19.3 Å². The third kappa shape index (κ3) is 50.9. The summed E-state index contributed by atoms with van der Waals surface area (Å²) >= 11 is 0. The Morgan fingerprint density at radius 3 is 1.15 bits per heavy atom. The average molecular weight is 942 g/mol. The van der Waals surface area contributed by atoms with Gasteiger partial charge in [0.05, 0.1) is 39.9 Å². The van der Waals surface area contributed by atoms with Crippen LogP contribution in [0.15, 0.2) is 12.2 Å². The molecule has 0 heterocycles. The van der Waals surface area contributed by atoms with E-state index >= 15 is 0 Å². The first-order valence-electron chi connectivity index (χ1n) is 28.6. The zero-order valence-electron chi connectivity index (χ0n) is 44.2. The van der Waals surface area contributed by atoms with Crippen LogP contribution in [0.5, 0.6) is 0 Å². The Kier molecular flexibility index (Phi) is 47.7. The molecule has 0 saturated carbocycles. The Balaban J connectivity index is 4.12. The molecule has 0 aromatic heterocycles. The zero-order chi connectivity index (χ0) is 47.8. The fourth-order valence-corrected chi connectivity index (χ4v) is 9.47. The Bertz CT molecular complexity index is 1070. The molecule has 3 atom stereocenters. The van der Waals surface area contributed by atoms with E-state index in [-0.39, 0.29) is 19.1 Å². The molecule has 0 saturated heterocycles. The number of allylic oxidation sites excluding steroid dienone is 1. The number of phosphoric ester groups is 1. The number of aliphatic hydroxyl groups excluding tert-OH is 1. The minimum absolute atomic E-state index is 0.00256. The van der Waals surface area contributed by atoms with Crippen LogP contribution >= 0.6 is 7.82 Å².